The molecule has 1 N–H and O–H groups in total. The molecule has 10 nitrogen and oxygen atoms in total. The van der Waals surface area contributed by atoms with E-state index in [-0.39, 0.29) is 65.4 Å². The van der Waals surface area contributed by atoms with Crippen LogP contribution in [0.2, 0.25) is 0 Å². The van der Waals surface area contributed by atoms with Crippen molar-refractivity contribution in [1.29, 1.82) is 0 Å². The van der Waals surface area contributed by atoms with Gasteiger partial charge >= 0.3 is 35.5 Å². The van der Waals surface area contributed by atoms with Gasteiger partial charge in [-0.25, -0.2) is 16.8 Å². The van der Waals surface area contributed by atoms with E-state index in [9.17, 15) is 30.7 Å². The van der Waals surface area contributed by atoms with Crippen LogP contribution < -0.4 is 34.5 Å². The van der Waals surface area contributed by atoms with Gasteiger partial charge in [0.1, 0.15) is 6.54 Å². The smallest absolute Gasteiger partial charge is 0.748 e. The minimum Gasteiger partial charge on any atom is -0.748 e. The number of nitrogens with zero attached hydrogens (tertiary/aromatic N) is 2. The molecule has 57 heavy (non-hydrogen) atoms. The van der Waals surface area contributed by atoms with Gasteiger partial charge in [-0.3, -0.25) is 4.79 Å². The van der Waals surface area contributed by atoms with Crippen LogP contribution in [0.3, 0.4) is 0 Å². The van der Waals surface area contributed by atoms with Crippen molar-refractivity contribution in [3.05, 3.63) is 102 Å². The van der Waals surface area contributed by atoms with Crippen LogP contribution >= 0.6 is 11.8 Å². The number of rotatable bonds is 20. The number of aliphatic carboxylic acids is 1. The van der Waals surface area contributed by atoms with Crippen LogP contribution in [-0.2, 0) is 35.9 Å². The summed E-state index contributed by atoms with van der Waals surface area (Å²) in [6, 6.07) is 19.0. The van der Waals surface area contributed by atoms with Gasteiger partial charge in [-0.1, -0.05) is 62.8 Å². The van der Waals surface area contributed by atoms with Crippen molar-refractivity contribution in [3.8, 4) is 0 Å². The summed E-state index contributed by atoms with van der Waals surface area (Å²) in [5, 5.41) is 11.2. The molecule has 0 radical (unpaired) electrons. The van der Waals surface area contributed by atoms with Crippen molar-refractivity contribution >= 4 is 65.8 Å². The Morgan fingerprint density at radius 3 is 2.23 bits per heavy atom. The molecule has 3 aromatic rings. The van der Waals surface area contributed by atoms with Gasteiger partial charge in [0.25, 0.3) is 0 Å². The number of carboxylic acids is 1. The zero-order valence-electron chi connectivity index (χ0n) is 33.7. The predicted octanol–water partition coefficient (Wildman–Crippen LogP) is 5.40. The maximum Gasteiger partial charge on any atom is 1.00 e. The number of fused-ring (bicyclic) bond motifs is 4. The largest absolute Gasteiger partial charge is 1.00 e. The minimum absolute atomic E-state index is 0. The first kappa shape index (κ1) is 46.9. The molecule has 5 rings (SSSR count). The third-order valence-electron chi connectivity index (χ3n) is 10.7. The maximum absolute atomic E-state index is 11.3. The van der Waals surface area contributed by atoms with Crippen LogP contribution in [0.15, 0.2) is 95.6 Å². The van der Waals surface area contributed by atoms with Crippen LogP contribution in [0.4, 0.5) is 11.4 Å². The van der Waals surface area contributed by atoms with Crippen molar-refractivity contribution in [1.82, 2.24) is 0 Å². The van der Waals surface area contributed by atoms with Crippen molar-refractivity contribution < 1.29 is 70.0 Å². The average Bonchev–Trinajstić information content (AvgIpc) is 3.46. The first-order valence-electron chi connectivity index (χ1n) is 19.3. The van der Waals surface area contributed by atoms with E-state index in [2.05, 4.69) is 91.8 Å². The first-order valence-corrected chi connectivity index (χ1v) is 23.4. The summed E-state index contributed by atoms with van der Waals surface area (Å²) in [5.74, 6) is -0.659. The van der Waals surface area contributed by atoms with E-state index in [0.717, 1.165) is 57.2 Å². The van der Waals surface area contributed by atoms with Crippen LogP contribution in [0.25, 0.3) is 10.8 Å². The molecule has 0 spiro atoms. The van der Waals surface area contributed by atoms with E-state index in [4.69, 9.17) is 5.11 Å². The molecule has 2 aliphatic rings. The van der Waals surface area contributed by atoms with Crippen LogP contribution in [0, 0.1) is 0 Å². The van der Waals surface area contributed by atoms with E-state index in [1.807, 2.05) is 30.4 Å². The molecule has 2 heterocycles. The summed E-state index contributed by atoms with van der Waals surface area (Å²) >= 11 is 1.76. The van der Waals surface area contributed by atoms with Gasteiger partial charge < -0.3 is 19.1 Å². The van der Waals surface area contributed by atoms with E-state index in [0.29, 0.717) is 32.4 Å². The summed E-state index contributed by atoms with van der Waals surface area (Å²) in [6.45, 7) is 9.88. The van der Waals surface area contributed by atoms with Crippen LogP contribution in [0.5, 0.6) is 0 Å². The second kappa shape index (κ2) is 20.0. The van der Waals surface area contributed by atoms with Gasteiger partial charge in [-0.2, -0.15) is 4.58 Å². The van der Waals surface area contributed by atoms with E-state index in [1.54, 1.807) is 11.8 Å². The molecule has 0 aromatic heterocycles. The molecule has 3 aromatic carbocycles. The first-order chi connectivity index (χ1) is 26.4. The molecular weight excluding hydrogens is 792 g/mol. The van der Waals surface area contributed by atoms with Gasteiger partial charge in [0.05, 0.1) is 25.7 Å². The van der Waals surface area contributed by atoms with Crippen molar-refractivity contribution in [2.45, 2.75) is 94.8 Å². The monoisotopic (exact) mass is 844 g/mol. The third-order valence-corrected chi connectivity index (χ3v) is 13.4. The Labute approximate surface area is 365 Å². The Hall–Kier alpha value is -2.75. The summed E-state index contributed by atoms with van der Waals surface area (Å²) < 4.78 is 70.2. The van der Waals surface area contributed by atoms with Crippen molar-refractivity contribution in [2.24, 2.45) is 0 Å². The number of carboxylic acid groups (broad SMARTS) is 1. The van der Waals surface area contributed by atoms with Gasteiger partial charge in [0.2, 0.25) is 5.69 Å². The number of allylic oxidation sites excluding steroid dienone is 6. The predicted molar refractivity (Wildman–Crippen MR) is 224 cm³/mol. The fourth-order valence-electron chi connectivity index (χ4n) is 7.96. The Bertz CT molecular complexity index is 2280. The van der Waals surface area contributed by atoms with E-state index in [1.165, 1.54) is 10.9 Å². The number of carbonyl (C=O) groups is 1. The van der Waals surface area contributed by atoms with Crippen molar-refractivity contribution in [2.75, 3.05) is 35.2 Å². The summed E-state index contributed by atoms with van der Waals surface area (Å²) in [6.07, 6.45) is 14.5. The molecular formula is C43H53N2NaO8S3. The number of hydrogen-bond donors (Lipinski definition) is 1. The Morgan fingerprint density at radius 1 is 0.825 bits per heavy atom. The van der Waals surface area contributed by atoms with E-state index < -0.39 is 32.0 Å². The zero-order chi connectivity index (χ0) is 40.7. The summed E-state index contributed by atoms with van der Waals surface area (Å²) in [4.78, 5) is 14.2. The van der Waals surface area contributed by atoms with E-state index >= 15 is 0 Å². The summed E-state index contributed by atoms with van der Waals surface area (Å²) in [7, 11) is -8.59. The third kappa shape index (κ3) is 12.2. The quantitative estimate of drug-likeness (QED) is 0.0390. The number of unbranched alkanes of at least 4 members (excludes halogenated alkanes) is 4. The molecule has 0 unspecified atom stereocenters. The maximum atomic E-state index is 11.3. The standard InChI is InChI=1S/C43H54N2O8S3.Na/c1-42(2)35-31-33(54-28-14-6-9-21-40(46)47)23-25-36(35)44(26-12-15-29-55(48,49)50)38(42)19-7-5-8-20-39-43(3,4)41-34-18-11-10-17-32(34)22-24-37(41)45(39)27-13-16-30-56(51,52)53;/h5,7-8,10-11,17-20,22-25,31H,6,9,12-16,21,26-30H2,1-4H3,(H2-,46,47,48,49,50,51,52,53);/q;+1/p-1. The topological polar surface area (TPSA) is 158 Å². The molecule has 0 saturated carbocycles. The Morgan fingerprint density at radius 2 is 1.53 bits per heavy atom. The number of hydrogen-bond acceptors (Lipinski definition) is 9. The molecule has 0 amide bonds. The fraction of sp³-hybridized carbons (Fsp3) is 0.442. The molecule has 14 heteroatoms. The molecule has 0 fully saturated rings. The second-order valence-corrected chi connectivity index (χ2v) is 19.8. The van der Waals surface area contributed by atoms with Crippen LogP contribution in [-0.4, -0.2) is 77.7 Å². The summed E-state index contributed by atoms with van der Waals surface area (Å²) in [5.41, 5.74) is 5.89. The van der Waals surface area contributed by atoms with Crippen molar-refractivity contribution in [3.63, 3.8) is 0 Å². The van der Waals surface area contributed by atoms with Gasteiger partial charge in [-0.05, 0) is 98.4 Å². The Balaban J connectivity index is 0.00000720. The molecule has 302 valence electrons. The normalized spacial score (nSPS) is 16.9. The number of benzene rings is 3. The van der Waals surface area contributed by atoms with Gasteiger partial charge in [0, 0.05) is 70.3 Å². The molecule has 0 aliphatic carbocycles. The molecule has 2 aliphatic heterocycles. The Kier molecular flexibility index (Phi) is 16.5. The second-order valence-electron chi connectivity index (χ2n) is 15.6. The zero-order valence-corrected chi connectivity index (χ0v) is 38.1. The number of thioether (sulfide) groups is 1. The molecule has 0 bridgehead atoms. The van der Waals surface area contributed by atoms with Gasteiger partial charge in [-0.15, -0.1) is 11.8 Å². The fourth-order valence-corrected chi connectivity index (χ4v) is 10.0. The number of anilines is 1. The van der Waals surface area contributed by atoms with Gasteiger partial charge in [0.15, 0.2) is 5.71 Å². The molecule has 0 atom stereocenters. The minimum atomic E-state index is -4.30. The molecule has 0 saturated heterocycles. The average molecular weight is 845 g/mol. The SMILES string of the molecule is CC1(C)C(/C=C/C=C/C=C2/N(CCCCS(=O)(=O)[O-])c3ccc(SCCCCCC(=O)O)cc3C2(C)C)=[N+](CCCCS(=O)(=O)[O-])c2ccc3ccccc3c21.[Na+]. The van der Waals surface area contributed by atoms with Crippen LogP contribution in [0.1, 0.15) is 90.2 Å².